The molecule has 0 aromatic rings. The average molecular weight is 635 g/mol. The number of rotatable bonds is 37. The van der Waals surface area contributed by atoms with Gasteiger partial charge in [0.2, 0.25) is 0 Å². The van der Waals surface area contributed by atoms with E-state index in [-0.39, 0.29) is 18.5 Å². The number of carbonyl (C=O) groups excluding carboxylic acids is 1. The zero-order chi connectivity index (χ0) is 32.9. The molecule has 0 aliphatic heterocycles. The monoisotopic (exact) mass is 635 g/mol. The molecule has 4 heteroatoms. The minimum absolute atomic E-state index is 0.0439. The molecule has 0 spiro atoms. The highest BCUT2D eigenvalue weighted by Crippen LogP contribution is 2.19. The highest BCUT2D eigenvalue weighted by atomic mass is 16.5. The molecular formula is C41H78O4. The Hall–Kier alpha value is -1.32. The van der Waals surface area contributed by atoms with E-state index in [0.29, 0.717) is 12.8 Å². The molecule has 0 aliphatic carbocycles. The van der Waals surface area contributed by atoms with Crippen LogP contribution in [0.25, 0.3) is 0 Å². The van der Waals surface area contributed by atoms with Crippen LogP contribution < -0.4 is 0 Å². The molecule has 0 aromatic heterocycles. The Morgan fingerprint density at radius 1 is 0.467 bits per heavy atom. The fourth-order valence-corrected chi connectivity index (χ4v) is 6.24. The summed E-state index contributed by atoms with van der Waals surface area (Å²) in [7, 11) is 0. The van der Waals surface area contributed by atoms with Crippen molar-refractivity contribution < 1.29 is 19.4 Å². The maximum Gasteiger partial charge on any atom is 0.306 e. The van der Waals surface area contributed by atoms with Gasteiger partial charge in [-0.15, -0.1) is 0 Å². The zero-order valence-electron chi connectivity index (χ0n) is 30.4. The summed E-state index contributed by atoms with van der Waals surface area (Å²) in [6.45, 7) is 4.54. The van der Waals surface area contributed by atoms with E-state index in [1.807, 2.05) is 0 Å². The SMILES string of the molecule is CCCCCC/C=C\CCCCCCCCC(=O)OC(CCCCCCCCCCCCCCCCCC)CCCCC(=O)O. The van der Waals surface area contributed by atoms with Gasteiger partial charge in [0, 0.05) is 12.8 Å². The van der Waals surface area contributed by atoms with Crippen molar-refractivity contribution in [3.8, 4) is 0 Å². The van der Waals surface area contributed by atoms with Gasteiger partial charge >= 0.3 is 11.9 Å². The minimum atomic E-state index is -0.740. The predicted molar refractivity (Wildman–Crippen MR) is 195 cm³/mol. The number of hydrogen-bond donors (Lipinski definition) is 1. The van der Waals surface area contributed by atoms with Crippen LogP contribution >= 0.6 is 0 Å². The third-order valence-electron chi connectivity index (χ3n) is 9.24. The van der Waals surface area contributed by atoms with Gasteiger partial charge in [-0.05, 0) is 64.2 Å². The Balaban J connectivity index is 3.86. The van der Waals surface area contributed by atoms with Crippen molar-refractivity contribution in [2.45, 2.75) is 238 Å². The molecule has 1 unspecified atom stereocenters. The molecular weight excluding hydrogens is 556 g/mol. The Kier molecular flexibility index (Phi) is 36.1. The van der Waals surface area contributed by atoms with Crippen LogP contribution in [0.4, 0.5) is 0 Å². The van der Waals surface area contributed by atoms with Crippen LogP contribution in [0, 0.1) is 0 Å². The molecule has 0 radical (unpaired) electrons. The number of carboxylic acid groups (broad SMARTS) is 1. The fraction of sp³-hybridized carbons (Fsp3) is 0.902. The summed E-state index contributed by atoms with van der Waals surface area (Å²) in [5, 5.41) is 8.95. The highest BCUT2D eigenvalue weighted by Gasteiger charge is 2.14. The number of allylic oxidation sites excluding steroid dienone is 2. The lowest BCUT2D eigenvalue weighted by Gasteiger charge is -2.18. The summed E-state index contributed by atoms with van der Waals surface area (Å²) >= 11 is 0. The molecule has 0 aliphatic rings. The molecule has 0 saturated heterocycles. The molecule has 0 bridgehead atoms. The Labute approximate surface area is 281 Å². The summed E-state index contributed by atoms with van der Waals surface area (Å²) in [5.41, 5.74) is 0. The van der Waals surface area contributed by atoms with Crippen LogP contribution in [-0.2, 0) is 14.3 Å². The lowest BCUT2D eigenvalue weighted by molar-refractivity contribution is -0.150. The third kappa shape index (κ3) is 37.0. The van der Waals surface area contributed by atoms with Crippen molar-refractivity contribution in [1.29, 1.82) is 0 Å². The first-order chi connectivity index (χ1) is 22.1. The first kappa shape index (κ1) is 43.7. The van der Waals surface area contributed by atoms with Gasteiger partial charge in [-0.3, -0.25) is 9.59 Å². The maximum absolute atomic E-state index is 12.6. The van der Waals surface area contributed by atoms with Gasteiger partial charge in [0.25, 0.3) is 0 Å². The van der Waals surface area contributed by atoms with Crippen LogP contribution in [0.5, 0.6) is 0 Å². The second kappa shape index (κ2) is 37.1. The number of hydrogen-bond acceptors (Lipinski definition) is 3. The number of aliphatic carboxylic acids is 1. The standard InChI is InChI=1S/C41H78O4/c1-3-5-7-9-11-13-15-17-19-20-21-23-25-27-29-31-35-39(36-33-34-37-40(42)43)45-41(44)38-32-30-28-26-24-22-18-16-14-12-10-8-6-4-2/h14,16,39H,3-13,15,17-38H2,1-2H3,(H,42,43)/b16-14-. The number of unbranched alkanes of at least 4 members (excludes halogenated alkanes) is 26. The van der Waals surface area contributed by atoms with Crippen LogP contribution in [-0.4, -0.2) is 23.1 Å². The molecule has 45 heavy (non-hydrogen) atoms. The summed E-state index contributed by atoms with van der Waals surface area (Å²) < 4.78 is 5.90. The molecule has 0 aromatic carbocycles. The average Bonchev–Trinajstić information content (AvgIpc) is 3.02. The smallest absolute Gasteiger partial charge is 0.306 e. The summed E-state index contributed by atoms with van der Waals surface area (Å²) in [5.74, 6) is -0.797. The topological polar surface area (TPSA) is 63.6 Å². The van der Waals surface area contributed by atoms with Crippen molar-refractivity contribution in [3.63, 3.8) is 0 Å². The molecule has 0 fully saturated rings. The molecule has 0 heterocycles. The van der Waals surface area contributed by atoms with E-state index in [9.17, 15) is 9.59 Å². The lowest BCUT2D eigenvalue weighted by Crippen LogP contribution is -2.18. The van der Waals surface area contributed by atoms with E-state index in [2.05, 4.69) is 26.0 Å². The molecule has 0 amide bonds. The van der Waals surface area contributed by atoms with Gasteiger partial charge in [-0.1, -0.05) is 167 Å². The number of ether oxygens (including phenoxy) is 1. The van der Waals surface area contributed by atoms with E-state index in [0.717, 1.165) is 38.5 Å². The molecule has 1 atom stereocenters. The van der Waals surface area contributed by atoms with E-state index in [1.165, 1.54) is 161 Å². The van der Waals surface area contributed by atoms with Gasteiger partial charge in [-0.2, -0.15) is 0 Å². The van der Waals surface area contributed by atoms with Gasteiger partial charge < -0.3 is 9.84 Å². The van der Waals surface area contributed by atoms with Crippen molar-refractivity contribution >= 4 is 11.9 Å². The second-order valence-electron chi connectivity index (χ2n) is 13.8. The van der Waals surface area contributed by atoms with Crippen LogP contribution in [0.15, 0.2) is 12.2 Å². The second-order valence-corrected chi connectivity index (χ2v) is 13.8. The zero-order valence-corrected chi connectivity index (χ0v) is 30.4. The first-order valence-corrected chi connectivity index (χ1v) is 20.2. The Bertz CT molecular complexity index is 643. The van der Waals surface area contributed by atoms with Gasteiger partial charge in [0.05, 0.1) is 0 Å². The van der Waals surface area contributed by atoms with Crippen LogP contribution in [0.1, 0.15) is 232 Å². The largest absolute Gasteiger partial charge is 0.481 e. The van der Waals surface area contributed by atoms with E-state index >= 15 is 0 Å². The number of carboxylic acids is 1. The normalized spacial score (nSPS) is 12.2. The van der Waals surface area contributed by atoms with E-state index < -0.39 is 5.97 Å². The quantitative estimate of drug-likeness (QED) is 0.0419. The molecule has 4 nitrogen and oxygen atoms in total. The predicted octanol–water partition coefficient (Wildman–Crippen LogP) is 13.8. The summed E-state index contributed by atoms with van der Waals surface area (Å²) in [6.07, 6.45) is 45.1. The fourth-order valence-electron chi connectivity index (χ4n) is 6.24. The van der Waals surface area contributed by atoms with Crippen molar-refractivity contribution in [2.75, 3.05) is 0 Å². The molecule has 0 saturated carbocycles. The first-order valence-electron chi connectivity index (χ1n) is 20.2. The Morgan fingerprint density at radius 3 is 1.24 bits per heavy atom. The molecule has 1 N–H and O–H groups in total. The Morgan fingerprint density at radius 2 is 0.800 bits per heavy atom. The minimum Gasteiger partial charge on any atom is -0.481 e. The summed E-state index contributed by atoms with van der Waals surface area (Å²) in [4.78, 5) is 23.4. The third-order valence-corrected chi connectivity index (χ3v) is 9.24. The van der Waals surface area contributed by atoms with Gasteiger partial charge in [0.1, 0.15) is 6.10 Å². The highest BCUT2D eigenvalue weighted by molar-refractivity contribution is 5.69. The lowest BCUT2D eigenvalue weighted by atomic mass is 10.0. The van der Waals surface area contributed by atoms with E-state index in [4.69, 9.17) is 9.84 Å². The number of carbonyl (C=O) groups is 2. The molecule has 0 rings (SSSR count). The van der Waals surface area contributed by atoms with Gasteiger partial charge in [0.15, 0.2) is 0 Å². The maximum atomic E-state index is 12.6. The van der Waals surface area contributed by atoms with Crippen molar-refractivity contribution in [1.82, 2.24) is 0 Å². The number of esters is 1. The van der Waals surface area contributed by atoms with Crippen LogP contribution in [0.2, 0.25) is 0 Å². The van der Waals surface area contributed by atoms with E-state index in [1.54, 1.807) is 0 Å². The van der Waals surface area contributed by atoms with Gasteiger partial charge in [-0.25, -0.2) is 0 Å². The summed E-state index contributed by atoms with van der Waals surface area (Å²) in [6, 6.07) is 0. The van der Waals surface area contributed by atoms with Crippen molar-refractivity contribution in [3.05, 3.63) is 12.2 Å². The van der Waals surface area contributed by atoms with Crippen LogP contribution in [0.3, 0.4) is 0 Å². The van der Waals surface area contributed by atoms with Crippen molar-refractivity contribution in [2.24, 2.45) is 0 Å². The molecule has 266 valence electrons.